The van der Waals surface area contributed by atoms with Crippen LogP contribution in [0.25, 0.3) is 0 Å². The van der Waals surface area contributed by atoms with Gasteiger partial charge < -0.3 is 4.74 Å². The largest absolute Gasteiger partial charge is 0.497 e. The normalized spacial score (nSPS) is 11.2. The number of nitrogens with zero attached hydrogens (tertiary/aromatic N) is 3. The van der Waals surface area contributed by atoms with Crippen molar-refractivity contribution in [1.82, 2.24) is 10.2 Å². The third-order valence-electron chi connectivity index (χ3n) is 3.13. The molecule has 1 heterocycles. The second-order valence-electron chi connectivity index (χ2n) is 5.24. The van der Waals surface area contributed by atoms with Crippen LogP contribution in [-0.4, -0.2) is 50.2 Å². The number of carbonyl (C=O) groups is 1. The average molecular weight is 417 g/mol. The number of anilines is 2. The zero-order valence-electron chi connectivity index (χ0n) is 14.6. The van der Waals surface area contributed by atoms with Crippen LogP contribution in [0.1, 0.15) is 13.3 Å². The van der Waals surface area contributed by atoms with E-state index in [2.05, 4.69) is 22.4 Å². The van der Waals surface area contributed by atoms with E-state index in [0.717, 1.165) is 27.1 Å². The smallest absolute Gasteiger partial charge is 0.246 e. The Morgan fingerprint density at radius 2 is 2.00 bits per heavy atom. The van der Waals surface area contributed by atoms with Crippen LogP contribution in [0.4, 0.5) is 10.8 Å². The number of amides is 1. The van der Waals surface area contributed by atoms with Crippen LogP contribution in [0.15, 0.2) is 28.6 Å². The van der Waals surface area contributed by atoms with Gasteiger partial charge in [-0.15, -0.1) is 10.2 Å². The number of methoxy groups -OCH3 is 1. The summed E-state index contributed by atoms with van der Waals surface area (Å²) >= 11 is 2.82. The first-order chi connectivity index (χ1) is 12.3. The Bertz CT molecular complexity index is 837. The zero-order valence-corrected chi connectivity index (χ0v) is 17.1. The summed E-state index contributed by atoms with van der Waals surface area (Å²) in [6, 6.07) is 6.43. The first-order valence-electron chi connectivity index (χ1n) is 7.71. The topological polar surface area (TPSA) is 101 Å². The van der Waals surface area contributed by atoms with Gasteiger partial charge in [-0.1, -0.05) is 30.0 Å². The van der Waals surface area contributed by atoms with Crippen LogP contribution >= 0.6 is 23.1 Å². The van der Waals surface area contributed by atoms with Gasteiger partial charge in [-0.25, -0.2) is 8.42 Å². The first kappa shape index (κ1) is 20.5. The molecule has 0 radical (unpaired) electrons. The molecule has 2 rings (SSSR count). The molecule has 0 aliphatic heterocycles. The highest BCUT2D eigenvalue weighted by Crippen LogP contribution is 2.26. The molecule has 0 saturated heterocycles. The molecule has 2 aromatic rings. The van der Waals surface area contributed by atoms with Crippen LogP contribution in [0, 0.1) is 0 Å². The van der Waals surface area contributed by atoms with Gasteiger partial charge in [0.25, 0.3) is 0 Å². The number of rotatable bonds is 9. The minimum Gasteiger partial charge on any atom is -0.497 e. The van der Waals surface area contributed by atoms with Crippen molar-refractivity contribution in [3.05, 3.63) is 24.3 Å². The molecule has 0 aliphatic carbocycles. The molecule has 0 fully saturated rings. The number of hydrogen-bond donors (Lipinski definition) is 1. The molecule has 0 unspecified atom stereocenters. The van der Waals surface area contributed by atoms with Crippen molar-refractivity contribution < 1.29 is 17.9 Å². The number of aromatic nitrogens is 2. The van der Waals surface area contributed by atoms with Gasteiger partial charge in [0, 0.05) is 5.75 Å². The van der Waals surface area contributed by atoms with Crippen LogP contribution in [0.5, 0.6) is 5.75 Å². The molecule has 0 atom stereocenters. The highest BCUT2D eigenvalue weighted by molar-refractivity contribution is 8.01. The van der Waals surface area contributed by atoms with E-state index in [1.54, 1.807) is 36.0 Å². The third-order valence-corrected chi connectivity index (χ3v) is 6.45. The van der Waals surface area contributed by atoms with E-state index in [-0.39, 0.29) is 6.54 Å². The van der Waals surface area contributed by atoms with E-state index >= 15 is 0 Å². The van der Waals surface area contributed by atoms with Crippen molar-refractivity contribution in [1.29, 1.82) is 0 Å². The maximum Gasteiger partial charge on any atom is 0.246 e. The zero-order chi connectivity index (χ0) is 19.2. The summed E-state index contributed by atoms with van der Waals surface area (Å²) in [6.45, 7) is 1.71. The molecule has 1 aromatic heterocycles. The standard InChI is InChI=1S/C15H20N4O4S3/c1-4-9-24-15-18-17-14(25-15)16-13(20)10-19(26(3,21)22)11-5-7-12(23-2)8-6-11/h5-8H,4,9-10H2,1-3H3,(H,16,17,20). The number of carbonyl (C=O) groups excluding carboxylic acids is 1. The molecule has 11 heteroatoms. The molecule has 142 valence electrons. The Morgan fingerprint density at radius 1 is 1.31 bits per heavy atom. The van der Waals surface area contributed by atoms with Crippen LogP contribution in [0.3, 0.4) is 0 Å². The van der Waals surface area contributed by atoms with E-state index in [1.165, 1.54) is 18.4 Å². The lowest BCUT2D eigenvalue weighted by atomic mass is 10.3. The summed E-state index contributed by atoms with van der Waals surface area (Å²) in [7, 11) is -2.12. The Morgan fingerprint density at radius 3 is 2.58 bits per heavy atom. The second-order valence-corrected chi connectivity index (χ2v) is 9.46. The van der Waals surface area contributed by atoms with E-state index in [0.29, 0.717) is 16.6 Å². The highest BCUT2D eigenvalue weighted by atomic mass is 32.2. The van der Waals surface area contributed by atoms with E-state index in [9.17, 15) is 13.2 Å². The molecule has 0 bridgehead atoms. The summed E-state index contributed by atoms with van der Waals surface area (Å²) in [4.78, 5) is 12.3. The summed E-state index contributed by atoms with van der Waals surface area (Å²) < 4.78 is 31.0. The molecular weight excluding hydrogens is 396 g/mol. The highest BCUT2D eigenvalue weighted by Gasteiger charge is 2.21. The maximum absolute atomic E-state index is 12.3. The molecule has 1 N–H and O–H groups in total. The van der Waals surface area contributed by atoms with Gasteiger partial charge in [0.05, 0.1) is 19.1 Å². The predicted octanol–water partition coefficient (Wildman–Crippen LogP) is 2.45. The number of benzene rings is 1. The van der Waals surface area contributed by atoms with Crippen molar-refractivity contribution in [2.75, 3.05) is 35.3 Å². The Kier molecular flexibility index (Phi) is 7.23. The number of nitrogens with one attached hydrogen (secondary N) is 1. The number of hydrogen-bond acceptors (Lipinski definition) is 8. The van der Waals surface area contributed by atoms with Crippen molar-refractivity contribution in [2.45, 2.75) is 17.7 Å². The fourth-order valence-electron chi connectivity index (χ4n) is 1.95. The van der Waals surface area contributed by atoms with Gasteiger partial charge in [0.2, 0.25) is 21.1 Å². The average Bonchev–Trinajstić information content (AvgIpc) is 3.04. The van der Waals surface area contributed by atoms with Crippen molar-refractivity contribution in [3.63, 3.8) is 0 Å². The Balaban J connectivity index is 2.07. The molecule has 1 aromatic carbocycles. The van der Waals surface area contributed by atoms with Gasteiger partial charge in [-0.2, -0.15) is 0 Å². The molecule has 8 nitrogen and oxygen atoms in total. The summed E-state index contributed by atoms with van der Waals surface area (Å²) in [6.07, 6.45) is 2.06. The SMILES string of the molecule is CCCSc1nnc(NC(=O)CN(c2ccc(OC)cc2)S(C)(=O)=O)s1. The number of ether oxygens (including phenoxy) is 1. The van der Waals surface area contributed by atoms with E-state index < -0.39 is 15.9 Å². The first-order valence-corrected chi connectivity index (χ1v) is 11.4. The fraction of sp³-hybridized carbons (Fsp3) is 0.400. The summed E-state index contributed by atoms with van der Waals surface area (Å²) in [5.74, 6) is 1.02. The van der Waals surface area contributed by atoms with Crippen LogP contribution in [-0.2, 0) is 14.8 Å². The Hall–Kier alpha value is -1.85. The summed E-state index contributed by atoms with van der Waals surface area (Å²) in [5.41, 5.74) is 0.375. The van der Waals surface area contributed by atoms with Crippen molar-refractivity contribution >= 4 is 49.8 Å². The van der Waals surface area contributed by atoms with Gasteiger partial charge >= 0.3 is 0 Å². The lowest BCUT2D eigenvalue weighted by Crippen LogP contribution is -2.37. The van der Waals surface area contributed by atoms with Gasteiger partial charge in [0.15, 0.2) is 4.34 Å². The molecule has 0 spiro atoms. The minimum absolute atomic E-state index is 0.344. The second kappa shape index (κ2) is 9.19. The predicted molar refractivity (Wildman–Crippen MR) is 105 cm³/mol. The fourth-order valence-corrected chi connectivity index (χ4v) is 4.50. The molecular formula is C15H20N4O4S3. The number of sulfonamides is 1. The van der Waals surface area contributed by atoms with Gasteiger partial charge in [-0.05, 0) is 30.7 Å². The van der Waals surface area contributed by atoms with Gasteiger partial charge in [0.1, 0.15) is 12.3 Å². The molecule has 0 aliphatic rings. The lowest BCUT2D eigenvalue weighted by molar-refractivity contribution is -0.114. The summed E-state index contributed by atoms with van der Waals surface area (Å²) in [5, 5.41) is 10.8. The quantitative estimate of drug-likeness (QED) is 0.495. The monoisotopic (exact) mass is 416 g/mol. The lowest BCUT2D eigenvalue weighted by Gasteiger charge is -2.21. The van der Waals surface area contributed by atoms with Crippen molar-refractivity contribution in [3.8, 4) is 5.75 Å². The van der Waals surface area contributed by atoms with Crippen LogP contribution in [0.2, 0.25) is 0 Å². The number of thioether (sulfide) groups is 1. The Labute approximate surface area is 161 Å². The van der Waals surface area contributed by atoms with Crippen molar-refractivity contribution in [2.24, 2.45) is 0 Å². The van der Waals surface area contributed by atoms with E-state index in [1.807, 2.05) is 0 Å². The molecule has 1 amide bonds. The van der Waals surface area contributed by atoms with E-state index in [4.69, 9.17) is 4.74 Å². The maximum atomic E-state index is 12.3. The third kappa shape index (κ3) is 5.85. The van der Waals surface area contributed by atoms with Crippen LogP contribution < -0.4 is 14.4 Å². The minimum atomic E-state index is -3.64. The molecule has 26 heavy (non-hydrogen) atoms. The van der Waals surface area contributed by atoms with Gasteiger partial charge in [-0.3, -0.25) is 14.4 Å². The molecule has 0 saturated carbocycles.